The fourth-order valence-electron chi connectivity index (χ4n) is 2.26. The van der Waals surface area contributed by atoms with E-state index in [2.05, 4.69) is 17.2 Å². The third kappa shape index (κ3) is 2.16. The second-order valence-corrected chi connectivity index (χ2v) is 5.98. The van der Waals surface area contributed by atoms with Crippen molar-refractivity contribution in [1.82, 2.24) is 5.32 Å². The molecule has 3 atom stereocenters. The zero-order chi connectivity index (χ0) is 10.3. The van der Waals surface area contributed by atoms with E-state index in [9.17, 15) is 0 Å². The number of nitrogens with zero attached hydrogens (tertiary/aromatic N) is 1. The van der Waals surface area contributed by atoms with Crippen molar-refractivity contribution in [3.05, 3.63) is 0 Å². The summed E-state index contributed by atoms with van der Waals surface area (Å²) in [6.07, 6.45) is 4.30. The molecule has 1 saturated heterocycles. The van der Waals surface area contributed by atoms with Gasteiger partial charge in [-0.2, -0.15) is 0 Å². The van der Waals surface area contributed by atoms with E-state index in [4.69, 9.17) is 4.74 Å². The first-order valence-corrected chi connectivity index (χ1v) is 6.80. The normalized spacial score (nSPS) is 40.6. The lowest BCUT2D eigenvalue weighted by atomic mass is 10.2. The molecule has 1 aliphatic carbocycles. The Morgan fingerprint density at radius 1 is 1.40 bits per heavy atom. The Bertz CT molecular complexity index is 278. The van der Waals surface area contributed by atoms with Gasteiger partial charge in [0.15, 0.2) is 5.17 Å². The standard InChI is InChI=1S/C11H18N2OS/c1-7-9(4-5-14-7)13-11-12-6-10(15-11)8-2-3-8/h7-10H,2-6H2,1H3,(H,12,13). The molecule has 3 nitrogen and oxygen atoms in total. The van der Waals surface area contributed by atoms with Crippen molar-refractivity contribution in [3.8, 4) is 0 Å². The number of rotatable bonds is 2. The van der Waals surface area contributed by atoms with Crippen molar-refractivity contribution in [2.75, 3.05) is 13.2 Å². The average molecular weight is 226 g/mol. The molecule has 3 aliphatic rings. The lowest BCUT2D eigenvalue weighted by Crippen LogP contribution is -2.37. The second kappa shape index (κ2) is 3.98. The molecule has 2 heterocycles. The van der Waals surface area contributed by atoms with Crippen LogP contribution >= 0.6 is 11.8 Å². The number of aliphatic imine (C=N–C) groups is 1. The molecular weight excluding hydrogens is 208 g/mol. The molecular formula is C11H18N2OS. The van der Waals surface area contributed by atoms with Gasteiger partial charge in [-0.05, 0) is 32.1 Å². The Hall–Kier alpha value is -0.220. The Morgan fingerprint density at radius 2 is 2.27 bits per heavy atom. The maximum atomic E-state index is 5.54. The lowest BCUT2D eigenvalue weighted by molar-refractivity contribution is 0.116. The molecule has 0 aromatic rings. The maximum Gasteiger partial charge on any atom is 0.157 e. The second-order valence-electron chi connectivity index (χ2n) is 4.75. The van der Waals surface area contributed by atoms with Crippen LogP contribution in [0.25, 0.3) is 0 Å². The van der Waals surface area contributed by atoms with Crippen LogP contribution in [0.2, 0.25) is 0 Å². The molecule has 0 radical (unpaired) electrons. The van der Waals surface area contributed by atoms with Crippen LogP contribution in [-0.2, 0) is 4.74 Å². The van der Waals surface area contributed by atoms with Crippen LogP contribution in [0.4, 0.5) is 0 Å². The predicted molar refractivity (Wildman–Crippen MR) is 63.4 cm³/mol. The highest BCUT2D eigenvalue weighted by molar-refractivity contribution is 8.14. The van der Waals surface area contributed by atoms with E-state index in [0.29, 0.717) is 12.1 Å². The summed E-state index contributed by atoms with van der Waals surface area (Å²) < 4.78 is 5.54. The Kier molecular flexibility index (Phi) is 2.64. The zero-order valence-electron chi connectivity index (χ0n) is 9.11. The largest absolute Gasteiger partial charge is 0.376 e. The third-order valence-electron chi connectivity index (χ3n) is 3.51. The summed E-state index contributed by atoms with van der Waals surface area (Å²) in [7, 11) is 0. The predicted octanol–water partition coefficient (Wildman–Crippen LogP) is 1.63. The monoisotopic (exact) mass is 226 g/mol. The number of ether oxygens (including phenoxy) is 1. The highest BCUT2D eigenvalue weighted by Gasteiger charge is 2.36. The number of thioether (sulfide) groups is 1. The summed E-state index contributed by atoms with van der Waals surface area (Å²) in [5.74, 6) is 0.954. The van der Waals surface area contributed by atoms with Gasteiger partial charge in [0.05, 0.1) is 18.7 Å². The van der Waals surface area contributed by atoms with Gasteiger partial charge in [-0.3, -0.25) is 4.99 Å². The van der Waals surface area contributed by atoms with E-state index in [1.807, 2.05) is 11.8 Å². The summed E-state index contributed by atoms with van der Waals surface area (Å²) in [6, 6.07) is 0.481. The fraction of sp³-hybridized carbons (Fsp3) is 0.909. The van der Waals surface area contributed by atoms with Gasteiger partial charge in [-0.25, -0.2) is 0 Å². The molecule has 15 heavy (non-hydrogen) atoms. The van der Waals surface area contributed by atoms with Crippen LogP contribution in [0.1, 0.15) is 26.2 Å². The maximum absolute atomic E-state index is 5.54. The SMILES string of the molecule is CC1OCCC1NC1=NCC(C2CC2)S1. The molecule has 0 bridgehead atoms. The number of hydrogen-bond donors (Lipinski definition) is 1. The van der Waals surface area contributed by atoms with Gasteiger partial charge >= 0.3 is 0 Å². The first-order chi connectivity index (χ1) is 7.33. The number of nitrogens with one attached hydrogen (secondary N) is 1. The van der Waals surface area contributed by atoms with Gasteiger partial charge in [-0.1, -0.05) is 11.8 Å². The van der Waals surface area contributed by atoms with Crippen LogP contribution in [0.15, 0.2) is 4.99 Å². The van der Waals surface area contributed by atoms with Crippen molar-refractivity contribution < 1.29 is 4.74 Å². The zero-order valence-corrected chi connectivity index (χ0v) is 9.93. The Balaban J connectivity index is 1.51. The Morgan fingerprint density at radius 3 is 2.93 bits per heavy atom. The van der Waals surface area contributed by atoms with Crippen LogP contribution in [0, 0.1) is 5.92 Å². The highest BCUT2D eigenvalue weighted by atomic mass is 32.2. The van der Waals surface area contributed by atoms with E-state index in [1.165, 1.54) is 12.8 Å². The smallest absolute Gasteiger partial charge is 0.157 e. The van der Waals surface area contributed by atoms with Crippen molar-refractivity contribution in [3.63, 3.8) is 0 Å². The third-order valence-corrected chi connectivity index (χ3v) is 4.82. The fourth-order valence-corrected chi connectivity index (χ4v) is 3.53. The van der Waals surface area contributed by atoms with Gasteiger partial charge < -0.3 is 10.1 Å². The van der Waals surface area contributed by atoms with Gasteiger partial charge in [0.25, 0.3) is 0 Å². The molecule has 1 N–H and O–H groups in total. The van der Waals surface area contributed by atoms with Crippen molar-refractivity contribution in [2.24, 2.45) is 10.9 Å². The van der Waals surface area contributed by atoms with Gasteiger partial charge in [0.2, 0.25) is 0 Å². The average Bonchev–Trinajstić information content (AvgIpc) is 2.86. The van der Waals surface area contributed by atoms with Crippen molar-refractivity contribution >= 4 is 16.9 Å². The molecule has 4 heteroatoms. The van der Waals surface area contributed by atoms with E-state index >= 15 is 0 Å². The summed E-state index contributed by atoms with van der Waals surface area (Å²) in [5.41, 5.74) is 0. The summed E-state index contributed by atoms with van der Waals surface area (Å²) in [4.78, 5) is 4.59. The molecule has 84 valence electrons. The van der Waals surface area contributed by atoms with E-state index in [0.717, 1.165) is 35.9 Å². The van der Waals surface area contributed by atoms with E-state index in [1.54, 1.807) is 0 Å². The van der Waals surface area contributed by atoms with Crippen LogP contribution < -0.4 is 5.32 Å². The van der Waals surface area contributed by atoms with Crippen LogP contribution in [0.5, 0.6) is 0 Å². The molecule has 0 amide bonds. The minimum Gasteiger partial charge on any atom is -0.376 e. The first kappa shape index (κ1) is 9.97. The quantitative estimate of drug-likeness (QED) is 0.777. The molecule has 3 unspecified atom stereocenters. The molecule has 1 saturated carbocycles. The molecule has 0 aromatic heterocycles. The van der Waals surface area contributed by atoms with Crippen LogP contribution in [-0.4, -0.2) is 35.7 Å². The number of hydrogen-bond acceptors (Lipinski definition) is 4. The minimum atomic E-state index is 0.341. The van der Waals surface area contributed by atoms with Gasteiger partial charge in [0, 0.05) is 11.9 Å². The first-order valence-electron chi connectivity index (χ1n) is 5.92. The van der Waals surface area contributed by atoms with Crippen molar-refractivity contribution in [2.45, 2.75) is 43.6 Å². The molecule has 0 aromatic carbocycles. The van der Waals surface area contributed by atoms with Gasteiger partial charge in [-0.15, -0.1) is 0 Å². The van der Waals surface area contributed by atoms with Crippen LogP contribution in [0.3, 0.4) is 0 Å². The van der Waals surface area contributed by atoms with E-state index < -0.39 is 0 Å². The summed E-state index contributed by atoms with van der Waals surface area (Å²) >= 11 is 1.95. The van der Waals surface area contributed by atoms with Gasteiger partial charge in [0.1, 0.15) is 0 Å². The highest BCUT2D eigenvalue weighted by Crippen LogP contribution is 2.41. The minimum absolute atomic E-state index is 0.341. The number of amidine groups is 1. The summed E-state index contributed by atoms with van der Waals surface area (Å²) in [5, 5.41) is 5.46. The lowest BCUT2D eigenvalue weighted by Gasteiger charge is -2.17. The molecule has 0 spiro atoms. The Labute approximate surface area is 95.1 Å². The molecule has 3 rings (SSSR count). The topological polar surface area (TPSA) is 33.6 Å². The van der Waals surface area contributed by atoms with E-state index in [-0.39, 0.29) is 0 Å². The molecule has 2 aliphatic heterocycles. The van der Waals surface area contributed by atoms with Crippen molar-refractivity contribution in [1.29, 1.82) is 0 Å². The summed E-state index contributed by atoms with van der Waals surface area (Å²) in [6.45, 7) is 4.06. The molecule has 2 fully saturated rings.